The van der Waals surface area contributed by atoms with Crippen molar-refractivity contribution in [2.45, 2.75) is 0 Å². The zero-order chi connectivity index (χ0) is 33.9. The predicted octanol–water partition coefficient (Wildman–Crippen LogP) is 15.5. The summed E-state index contributed by atoms with van der Waals surface area (Å²) in [6, 6.07) is 63.5. The van der Waals surface area contributed by atoms with Crippen LogP contribution in [0.5, 0.6) is 0 Å². The third kappa shape index (κ3) is 3.86. The van der Waals surface area contributed by atoms with E-state index in [-0.39, 0.29) is 0 Å². The lowest BCUT2D eigenvalue weighted by atomic mass is 9.83. The second-order valence-electron chi connectivity index (χ2n) is 13.9. The van der Waals surface area contributed by atoms with Crippen molar-refractivity contribution < 1.29 is 0 Å². The van der Waals surface area contributed by atoms with Crippen LogP contribution in [0.4, 0.5) is 0 Å². The molecule has 0 unspecified atom stereocenters. The Morgan fingerprint density at radius 3 is 1.17 bits per heavy atom. The van der Waals surface area contributed by atoms with Gasteiger partial charge in [0.1, 0.15) is 0 Å². The standard InChI is InChI=1S/C50H28S2/c1-4-14-32-29(11-1)25-28-41-44(42-21-9-19-37-39-26-23-30-12-2-5-15-33(30)47(39)51-49(37)42)35-17-7-8-18-36(35)46(45(32)41)43-22-10-20-38-40-27-24-31-13-3-6-16-34(31)48(40)52-50(38)43/h1-28H. The fraction of sp³-hybridized carbons (Fsp3) is 0. The lowest BCUT2D eigenvalue weighted by Gasteiger charge is -2.20. The van der Waals surface area contributed by atoms with Crippen LogP contribution in [0.3, 0.4) is 0 Å². The SMILES string of the molecule is c1ccc2c(c1)ccc1c3cccc(-c4c5ccccc5c(-c5cccc6c5sc5c7ccccc7ccc65)c5c4ccc4ccccc45)c3sc21. The topological polar surface area (TPSA) is 0 Å². The smallest absolute Gasteiger partial charge is 0.0434 e. The fourth-order valence-corrected chi connectivity index (χ4v) is 11.7. The van der Waals surface area contributed by atoms with Gasteiger partial charge < -0.3 is 0 Å². The Bertz CT molecular complexity index is 3470. The molecular weight excluding hydrogens is 665 g/mol. The molecular formula is C50H28S2. The maximum atomic E-state index is 2.39. The fourth-order valence-electron chi connectivity index (χ4n) is 8.96. The number of hydrogen-bond acceptors (Lipinski definition) is 2. The molecule has 0 amide bonds. The third-order valence-electron chi connectivity index (χ3n) is 11.2. The Morgan fingerprint density at radius 2 is 0.615 bits per heavy atom. The van der Waals surface area contributed by atoms with Gasteiger partial charge in [-0.25, -0.2) is 0 Å². The first kappa shape index (κ1) is 28.6. The van der Waals surface area contributed by atoms with Crippen molar-refractivity contribution in [3.63, 3.8) is 0 Å². The van der Waals surface area contributed by atoms with E-state index < -0.39 is 0 Å². The normalized spacial score (nSPS) is 12.2. The van der Waals surface area contributed by atoms with Crippen molar-refractivity contribution >= 4 is 117 Å². The highest BCUT2D eigenvalue weighted by molar-refractivity contribution is 7.27. The van der Waals surface area contributed by atoms with Gasteiger partial charge in [0.2, 0.25) is 0 Å². The maximum absolute atomic E-state index is 2.39. The highest BCUT2D eigenvalue weighted by Gasteiger charge is 2.23. The van der Waals surface area contributed by atoms with Gasteiger partial charge in [0, 0.05) is 51.5 Å². The molecule has 0 spiro atoms. The van der Waals surface area contributed by atoms with Crippen LogP contribution < -0.4 is 0 Å². The van der Waals surface area contributed by atoms with E-state index in [1.807, 2.05) is 22.7 Å². The second-order valence-corrected chi connectivity index (χ2v) is 15.9. The zero-order valence-corrected chi connectivity index (χ0v) is 29.6. The maximum Gasteiger partial charge on any atom is 0.0434 e. The summed E-state index contributed by atoms with van der Waals surface area (Å²) in [5.41, 5.74) is 5.24. The molecule has 240 valence electrons. The van der Waals surface area contributed by atoms with Crippen molar-refractivity contribution in [3.05, 3.63) is 170 Å². The lowest BCUT2D eigenvalue weighted by molar-refractivity contribution is 1.73. The van der Waals surface area contributed by atoms with Crippen molar-refractivity contribution in [2.24, 2.45) is 0 Å². The number of rotatable bonds is 2. The largest absolute Gasteiger partial charge is 0.134 e. The molecule has 12 rings (SSSR count). The van der Waals surface area contributed by atoms with Crippen LogP contribution >= 0.6 is 22.7 Å². The van der Waals surface area contributed by atoms with E-state index >= 15 is 0 Å². The van der Waals surface area contributed by atoms with Crippen LogP contribution in [0.15, 0.2) is 170 Å². The van der Waals surface area contributed by atoms with E-state index in [9.17, 15) is 0 Å². The first-order chi connectivity index (χ1) is 25.8. The summed E-state index contributed by atoms with van der Waals surface area (Å²) in [5, 5.41) is 18.3. The first-order valence-electron chi connectivity index (χ1n) is 17.8. The zero-order valence-electron chi connectivity index (χ0n) is 28.0. The van der Waals surface area contributed by atoms with E-state index in [2.05, 4.69) is 170 Å². The van der Waals surface area contributed by atoms with E-state index in [1.54, 1.807) is 0 Å². The summed E-state index contributed by atoms with van der Waals surface area (Å²) in [6.45, 7) is 0. The van der Waals surface area contributed by atoms with Gasteiger partial charge in [-0.05, 0) is 65.0 Å². The minimum Gasteiger partial charge on any atom is -0.134 e. The Morgan fingerprint density at radius 1 is 0.231 bits per heavy atom. The van der Waals surface area contributed by atoms with E-state index in [4.69, 9.17) is 0 Å². The van der Waals surface area contributed by atoms with Crippen molar-refractivity contribution in [1.29, 1.82) is 0 Å². The molecule has 0 radical (unpaired) electrons. The van der Waals surface area contributed by atoms with Crippen LogP contribution in [0.1, 0.15) is 0 Å². The average Bonchev–Trinajstić information content (AvgIpc) is 3.79. The van der Waals surface area contributed by atoms with Crippen LogP contribution in [0.25, 0.3) is 116 Å². The summed E-state index contributed by atoms with van der Waals surface area (Å²) >= 11 is 3.88. The van der Waals surface area contributed by atoms with Gasteiger partial charge in [0.05, 0.1) is 0 Å². The summed E-state index contributed by atoms with van der Waals surface area (Å²) in [5.74, 6) is 0. The Labute approximate surface area is 307 Å². The van der Waals surface area contributed by atoms with Crippen LogP contribution in [0, 0.1) is 0 Å². The third-order valence-corrected chi connectivity index (χ3v) is 13.8. The van der Waals surface area contributed by atoms with E-state index in [1.165, 1.54) is 116 Å². The molecule has 0 fully saturated rings. The molecule has 0 saturated heterocycles. The highest BCUT2D eigenvalue weighted by Crippen LogP contribution is 2.52. The molecule has 0 N–H and O–H groups in total. The molecule has 2 aromatic heterocycles. The van der Waals surface area contributed by atoms with E-state index in [0.717, 1.165) is 0 Å². The van der Waals surface area contributed by atoms with Gasteiger partial charge in [-0.1, -0.05) is 170 Å². The Hall–Kier alpha value is -6.06. The van der Waals surface area contributed by atoms with Crippen molar-refractivity contribution in [1.82, 2.24) is 0 Å². The molecule has 0 atom stereocenters. The number of thiophene rings is 2. The van der Waals surface area contributed by atoms with Gasteiger partial charge in [-0.3, -0.25) is 0 Å². The molecule has 52 heavy (non-hydrogen) atoms. The van der Waals surface area contributed by atoms with Gasteiger partial charge >= 0.3 is 0 Å². The molecule has 0 nitrogen and oxygen atoms in total. The molecule has 0 saturated carbocycles. The van der Waals surface area contributed by atoms with Gasteiger partial charge in [-0.2, -0.15) is 0 Å². The minimum atomic E-state index is 1.26. The molecule has 0 aliphatic rings. The van der Waals surface area contributed by atoms with E-state index in [0.29, 0.717) is 0 Å². The predicted molar refractivity (Wildman–Crippen MR) is 231 cm³/mol. The van der Waals surface area contributed by atoms with Crippen molar-refractivity contribution in [3.8, 4) is 22.3 Å². The van der Waals surface area contributed by atoms with Crippen LogP contribution in [0.2, 0.25) is 0 Å². The quantitative estimate of drug-likeness (QED) is 0.125. The van der Waals surface area contributed by atoms with Crippen LogP contribution in [-0.4, -0.2) is 0 Å². The molecule has 2 heteroatoms. The van der Waals surface area contributed by atoms with Gasteiger partial charge in [-0.15, -0.1) is 22.7 Å². The summed E-state index contributed by atoms with van der Waals surface area (Å²) < 4.78 is 5.42. The molecule has 0 aliphatic carbocycles. The number of hydrogen-bond donors (Lipinski definition) is 0. The van der Waals surface area contributed by atoms with Gasteiger partial charge in [0.15, 0.2) is 0 Å². The summed E-state index contributed by atoms with van der Waals surface area (Å²) in [4.78, 5) is 0. The Balaban J connectivity index is 1.26. The van der Waals surface area contributed by atoms with Gasteiger partial charge in [0.25, 0.3) is 0 Å². The second kappa shape index (κ2) is 10.7. The number of fused-ring (bicyclic) bond motifs is 14. The lowest BCUT2D eigenvalue weighted by Crippen LogP contribution is -1.92. The summed E-state index contributed by atoms with van der Waals surface area (Å²) in [7, 11) is 0. The van der Waals surface area contributed by atoms with Crippen molar-refractivity contribution in [2.75, 3.05) is 0 Å². The van der Waals surface area contributed by atoms with Crippen LogP contribution in [-0.2, 0) is 0 Å². The molecule has 0 bridgehead atoms. The Kier molecular flexibility index (Phi) is 5.90. The molecule has 10 aromatic carbocycles. The molecule has 0 aliphatic heterocycles. The number of benzene rings is 10. The molecule has 2 heterocycles. The first-order valence-corrected chi connectivity index (χ1v) is 19.5. The summed E-state index contributed by atoms with van der Waals surface area (Å²) in [6.07, 6.45) is 0. The monoisotopic (exact) mass is 692 g/mol. The molecule has 12 aromatic rings. The highest BCUT2D eigenvalue weighted by atomic mass is 32.1. The average molecular weight is 693 g/mol. The minimum absolute atomic E-state index is 1.26.